The van der Waals surface area contributed by atoms with Gasteiger partial charge in [-0.1, -0.05) is 57.9 Å². The minimum atomic E-state index is -1.53. The molecule has 90 heavy (non-hydrogen) atoms. The lowest BCUT2D eigenvalue weighted by Gasteiger charge is -2.31. The van der Waals surface area contributed by atoms with E-state index in [1.165, 1.54) is 38.2 Å². The lowest BCUT2D eigenvalue weighted by Crippen LogP contribution is -2.53. The molecule has 6 atom stereocenters. The van der Waals surface area contributed by atoms with E-state index in [2.05, 4.69) is 26.3 Å². The molecule has 1 fully saturated rings. The summed E-state index contributed by atoms with van der Waals surface area (Å²) < 4.78 is 35.0. The maximum atomic E-state index is 14.2. The first kappa shape index (κ1) is 67.1. The first-order chi connectivity index (χ1) is 42.9. The highest BCUT2D eigenvalue weighted by atomic mass is 16.6. The predicted octanol–water partition coefficient (Wildman–Crippen LogP) is 6.68. The summed E-state index contributed by atoms with van der Waals surface area (Å²) in [7, 11) is 2.96. The largest absolute Gasteiger partial charge is 0.493 e. The second kappa shape index (κ2) is 29.6. The summed E-state index contributed by atoms with van der Waals surface area (Å²) in [5, 5.41) is 22.7. The number of rotatable bonds is 27. The maximum Gasteiger partial charge on any atom is 0.416 e. The molecule has 3 aromatic carbocycles. The Balaban J connectivity index is 0.783. The van der Waals surface area contributed by atoms with Crippen molar-refractivity contribution in [2.24, 2.45) is 22.2 Å². The van der Waals surface area contributed by atoms with E-state index in [0.29, 0.717) is 66.3 Å². The van der Waals surface area contributed by atoms with Crippen molar-refractivity contribution in [1.29, 1.82) is 0 Å². The number of nitrogens with zero attached hydrogens (tertiary/aromatic N) is 5. The molecule has 9 amide bonds. The number of fused-ring (bicyclic) bond motifs is 4. The first-order valence-corrected chi connectivity index (χ1v) is 30.4. The Morgan fingerprint density at radius 2 is 1.37 bits per heavy atom. The number of amides is 9. The zero-order valence-corrected chi connectivity index (χ0v) is 52.8. The van der Waals surface area contributed by atoms with Crippen LogP contribution in [0.5, 0.6) is 23.0 Å². The lowest BCUT2D eigenvalue weighted by atomic mass is 9.80. The van der Waals surface area contributed by atoms with Crippen LogP contribution in [0.4, 0.5) is 21.9 Å². The van der Waals surface area contributed by atoms with Gasteiger partial charge in [-0.2, -0.15) is 0 Å². The summed E-state index contributed by atoms with van der Waals surface area (Å²) in [6.07, 6.45) is 5.76. The van der Waals surface area contributed by atoms with Gasteiger partial charge in [-0.3, -0.25) is 48.2 Å². The molecule has 484 valence electrons. The second-order valence-corrected chi connectivity index (χ2v) is 24.5. The van der Waals surface area contributed by atoms with E-state index in [4.69, 9.17) is 28.4 Å². The van der Waals surface area contributed by atoms with Gasteiger partial charge >= 0.3 is 6.09 Å². The molecular formula is C65H83N9O16. The number of carbonyl (C=O) groups excluding carboxylic acids is 9. The quantitative estimate of drug-likeness (QED) is 0.0393. The minimum absolute atomic E-state index is 0.000114. The van der Waals surface area contributed by atoms with Gasteiger partial charge in [-0.05, 0) is 94.0 Å². The molecule has 5 aliphatic rings. The van der Waals surface area contributed by atoms with Crippen molar-refractivity contribution in [2.45, 2.75) is 144 Å². The number of hydrogen-bond donors (Lipinski definition) is 5. The monoisotopic (exact) mass is 1250 g/mol. The fourth-order valence-electron chi connectivity index (χ4n) is 11.1. The standard InChI is InChI=1S/C65H83N9O16/c1-37(2)57(70-55(76)19-24-87-25-20-66-54(75)18-21-71-56(77)30-46(62(71)82)65(6,7)8)59(79)68-40(5)58(78)69-42-16-14-41(15-17-42)36-90-64(84)74-48-32-53(51(86-10)29-45(48)61(81)73-35-39(4)27-49(73)63(74)83)89-23-13-11-12-22-88-52-31-47-44(28-50(52)85-9)60(80)72-34-38(3)26-43(72)33-67-47/h14-17,28-29,31-35,37,40,43,46,49,57,63,83H,11-13,18-27,30,36H2,1-10H3,(H,66,75)(H,68,79)(H,69,78)(H,70,76)/t40-,43-,46?,49-,57-,63?/m0/s1. The third-order valence-electron chi connectivity index (χ3n) is 16.2. The van der Waals surface area contributed by atoms with Crippen LogP contribution in [0.3, 0.4) is 0 Å². The molecule has 8 rings (SSSR count). The average molecular weight is 1250 g/mol. The van der Waals surface area contributed by atoms with E-state index in [-0.39, 0.29) is 123 Å². The van der Waals surface area contributed by atoms with Crippen LogP contribution in [0.1, 0.15) is 133 Å². The molecule has 5 heterocycles. The fraction of sp³-hybridized carbons (Fsp3) is 0.508. The van der Waals surface area contributed by atoms with Crippen LogP contribution < -0.4 is 45.1 Å². The minimum Gasteiger partial charge on any atom is -0.493 e. The Labute approximate surface area is 523 Å². The molecular weight excluding hydrogens is 1160 g/mol. The summed E-state index contributed by atoms with van der Waals surface area (Å²) >= 11 is 0. The van der Waals surface area contributed by atoms with Crippen LogP contribution in [0, 0.1) is 17.3 Å². The van der Waals surface area contributed by atoms with Crippen molar-refractivity contribution in [3.8, 4) is 23.0 Å². The summed E-state index contributed by atoms with van der Waals surface area (Å²) in [5.41, 5.74) is 3.52. The molecule has 25 heteroatoms. The molecule has 0 spiro atoms. The topological polar surface area (TPSA) is 303 Å². The smallest absolute Gasteiger partial charge is 0.416 e. The fourth-order valence-corrected chi connectivity index (χ4v) is 11.1. The number of unbranched alkanes of at least 4 members (excludes halogenated alkanes) is 2. The molecule has 5 aliphatic heterocycles. The Morgan fingerprint density at radius 1 is 0.722 bits per heavy atom. The lowest BCUT2D eigenvalue weighted by molar-refractivity contribution is -0.140. The number of aliphatic hydroxyl groups is 1. The van der Waals surface area contributed by atoms with Crippen molar-refractivity contribution in [3.63, 3.8) is 0 Å². The molecule has 0 aliphatic carbocycles. The predicted molar refractivity (Wildman–Crippen MR) is 331 cm³/mol. The van der Waals surface area contributed by atoms with Gasteiger partial charge in [0.05, 0.1) is 81.2 Å². The van der Waals surface area contributed by atoms with E-state index in [9.17, 15) is 48.3 Å². The zero-order chi connectivity index (χ0) is 65.1. The second-order valence-electron chi connectivity index (χ2n) is 24.5. The Hall–Kier alpha value is -8.84. The molecule has 0 bridgehead atoms. The number of ether oxygens (including phenoxy) is 6. The molecule has 2 unspecified atom stereocenters. The van der Waals surface area contributed by atoms with Gasteiger partial charge in [-0.25, -0.2) is 9.69 Å². The zero-order valence-electron chi connectivity index (χ0n) is 52.8. The number of methoxy groups -OCH3 is 2. The Morgan fingerprint density at radius 3 is 2.02 bits per heavy atom. The van der Waals surface area contributed by atoms with Crippen LogP contribution in [-0.4, -0.2) is 164 Å². The van der Waals surface area contributed by atoms with E-state index in [1.54, 1.807) is 67.6 Å². The van der Waals surface area contributed by atoms with Gasteiger partial charge in [0.15, 0.2) is 29.2 Å². The van der Waals surface area contributed by atoms with Crippen LogP contribution in [0.2, 0.25) is 0 Å². The van der Waals surface area contributed by atoms with Crippen LogP contribution in [-0.2, 0) is 44.8 Å². The van der Waals surface area contributed by atoms with Crippen molar-refractivity contribution in [2.75, 3.05) is 64.0 Å². The maximum absolute atomic E-state index is 14.2. The summed E-state index contributed by atoms with van der Waals surface area (Å²) in [6, 6.07) is 9.81. The van der Waals surface area contributed by atoms with Gasteiger partial charge in [0.1, 0.15) is 18.7 Å². The number of hydrogen-bond acceptors (Lipinski definition) is 17. The highest BCUT2D eigenvalue weighted by Gasteiger charge is 2.46. The number of imide groups is 1. The number of benzene rings is 3. The average Bonchev–Trinajstić information content (AvgIpc) is 1.74. The number of nitrogens with one attached hydrogen (secondary N) is 4. The molecule has 1 saturated heterocycles. The molecule has 0 radical (unpaired) electrons. The van der Waals surface area contributed by atoms with Crippen molar-refractivity contribution < 1.29 is 76.7 Å². The van der Waals surface area contributed by atoms with Gasteiger partial charge < -0.3 is 64.6 Å². The third-order valence-corrected chi connectivity index (χ3v) is 16.2. The van der Waals surface area contributed by atoms with Gasteiger partial charge in [0.2, 0.25) is 35.4 Å². The third kappa shape index (κ3) is 16.1. The highest BCUT2D eigenvalue weighted by molar-refractivity contribution is 6.07. The molecule has 5 N–H and O–H groups in total. The van der Waals surface area contributed by atoms with Gasteiger partial charge in [0.25, 0.3) is 11.8 Å². The molecule has 25 nitrogen and oxygen atoms in total. The van der Waals surface area contributed by atoms with Crippen LogP contribution in [0.25, 0.3) is 0 Å². The number of anilines is 2. The summed E-state index contributed by atoms with van der Waals surface area (Å²) in [5.74, 6) is -2.53. The summed E-state index contributed by atoms with van der Waals surface area (Å²) in [6.45, 7) is 15.0. The van der Waals surface area contributed by atoms with E-state index < -0.39 is 60.0 Å². The van der Waals surface area contributed by atoms with Crippen molar-refractivity contribution in [3.05, 3.63) is 88.8 Å². The number of carbonyl (C=O) groups is 9. The summed E-state index contributed by atoms with van der Waals surface area (Å²) in [4.78, 5) is 129. The first-order valence-electron chi connectivity index (χ1n) is 30.4. The van der Waals surface area contributed by atoms with E-state index in [1.807, 2.05) is 40.8 Å². The molecule has 0 saturated carbocycles. The van der Waals surface area contributed by atoms with Crippen LogP contribution in [0.15, 0.2) is 77.1 Å². The number of aliphatic imine (C=N–C) groups is 1. The molecule has 0 aromatic heterocycles. The van der Waals surface area contributed by atoms with Crippen LogP contribution >= 0.6 is 0 Å². The van der Waals surface area contributed by atoms with E-state index >= 15 is 0 Å². The normalized spacial score (nSPS) is 19.2. The number of aliphatic hydroxyl groups excluding tert-OH is 1. The van der Waals surface area contributed by atoms with Crippen molar-refractivity contribution >= 4 is 76.6 Å². The van der Waals surface area contributed by atoms with E-state index in [0.717, 1.165) is 27.4 Å². The van der Waals surface area contributed by atoms with Gasteiger partial charge in [0, 0.05) is 68.8 Å². The van der Waals surface area contributed by atoms with Crippen molar-refractivity contribution in [1.82, 2.24) is 30.7 Å². The SMILES string of the molecule is COc1cc2c(cc1OCCCCCOc1cc3c(cc1OC)C(=O)N1C=C(C)C[C@H]1C(O)N3C(=O)OCc1ccc(NC(=O)[C@H](C)NC(=O)[C@@H](NC(=O)CCOCCNC(=O)CCN3C(=O)CC(C(C)(C)C)C3=O)C(C)C)cc1)N=C[C@@H]1CC(C)=CN1C2=O. The Bertz CT molecular complexity index is 3320. The van der Waals surface area contributed by atoms with Gasteiger partial charge in [-0.15, -0.1) is 0 Å². The number of likely N-dealkylation sites (tertiary alicyclic amines) is 1. The Kier molecular flexibility index (Phi) is 22.1. The molecule has 3 aromatic rings. The highest BCUT2D eigenvalue weighted by Crippen LogP contribution is 2.43.